The van der Waals surface area contributed by atoms with E-state index < -0.39 is 0 Å². The molecule has 1 N–H and O–H groups in total. The molecule has 0 aromatic heterocycles. The summed E-state index contributed by atoms with van der Waals surface area (Å²) < 4.78 is 21.3. The largest absolute Gasteiger partial charge is 0.493 e. The molecule has 6 heteroatoms. The van der Waals surface area contributed by atoms with Gasteiger partial charge >= 0.3 is 0 Å². The molecule has 6 nitrogen and oxygen atoms in total. The molecule has 0 heterocycles. The Morgan fingerprint density at radius 2 is 1.56 bits per heavy atom. The fourth-order valence-corrected chi connectivity index (χ4v) is 3.50. The van der Waals surface area contributed by atoms with E-state index in [-0.39, 0.29) is 18.4 Å². The fraction of sp³-hybridized carbons (Fsp3) is 0.381. The van der Waals surface area contributed by atoms with Gasteiger partial charge in [-0.3, -0.25) is 4.79 Å². The molecular formula is C21H25NO5. The van der Waals surface area contributed by atoms with Crippen LogP contribution in [0.2, 0.25) is 0 Å². The average Bonchev–Trinajstić information content (AvgIpc) is 3.08. The molecule has 1 atom stereocenters. The molecule has 27 heavy (non-hydrogen) atoms. The summed E-state index contributed by atoms with van der Waals surface area (Å²) in [5.74, 6) is 2.62. The summed E-state index contributed by atoms with van der Waals surface area (Å²) in [6.07, 6.45) is 2.04. The van der Waals surface area contributed by atoms with Gasteiger partial charge in [0.25, 0.3) is 0 Å². The lowest BCUT2D eigenvalue weighted by Crippen LogP contribution is -2.28. The monoisotopic (exact) mass is 371 g/mol. The number of carbonyl (C=O) groups is 1. The van der Waals surface area contributed by atoms with Gasteiger partial charge in [-0.25, -0.2) is 0 Å². The van der Waals surface area contributed by atoms with E-state index in [0.29, 0.717) is 23.0 Å². The van der Waals surface area contributed by atoms with Crippen LogP contribution in [0.3, 0.4) is 0 Å². The molecule has 0 aliphatic heterocycles. The Labute approximate surface area is 159 Å². The zero-order valence-corrected chi connectivity index (χ0v) is 16.1. The third kappa shape index (κ3) is 3.94. The Hall–Kier alpha value is -2.89. The average molecular weight is 371 g/mol. The second-order valence-corrected chi connectivity index (χ2v) is 6.43. The van der Waals surface area contributed by atoms with Gasteiger partial charge in [-0.2, -0.15) is 0 Å². The molecule has 2 aromatic carbocycles. The second-order valence-electron chi connectivity index (χ2n) is 6.43. The Morgan fingerprint density at radius 3 is 2.22 bits per heavy atom. The quantitative estimate of drug-likeness (QED) is 0.810. The number of hydrogen-bond acceptors (Lipinski definition) is 5. The van der Waals surface area contributed by atoms with Crippen LogP contribution in [-0.4, -0.2) is 34.3 Å². The summed E-state index contributed by atoms with van der Waals surface area (Å²) >= 11 is 0. The molecule has 1 unspecified atom stereocenters. The van der Waals surface area contributed by atoms with Crippen LogP contribution in [0.5, 0.6) is 23.0 Å². The minimum atomic E-state index is -0.0325. The predicted molar refractivity (Wildman–Crippen MR) is 102 cm³/mol. The molecule has 144 valence electrons. The number of nitrogens with one attached hydrogen (secondary N) is 1. The highest BCUT2D eigenvalue weighted by Crippen LogP contribution is 2.39. The number of methoxy groups -OCH3 is 4. The molecule has 0 spiro atoms. The van der Waals surface area contributed by atoms with E-state index in [1.54, 1.807) is 28.4 Å². The summed E-state index contributed by atoms with van der Waals surface area (Å²) in [6.45, 7) is 0. The lowest BCUT2D eigenvalue weighted by atomic mass is 10.1. The van der Waals surface area contributed by atoms with E-state index in [2.05, 4.69) is 5.32 Å². The first kappa shape index (κ1) is 18.9. The fourth-order valence-electron chi connectivity index (χ4n) is 3.50. The summed E-state index contributed by atoms with van der Waals surface area (Å²) in [5.41, 5.74) is 3.15. The molecular weight excluding hydrogens is 346 g/mol. The van der Waals surface area contributed by atoms with Gasteiger partial charge in [-0.05, 0) is 53.8 Å². The number of fused-ring (bicyclic) bond motifs is 1. The number of aryl methyl sites for hydroxylation is 1. The van der Waals surface area contributed by atoms with Gasteiger partial charge in [0.1, 0.15) is 0 Å². The second kappa shape index (κ2) is 8.20. The van der Waals surface area contributed by atoms with Gasteiger partial charge in [0, 0.05) is 0 Å². The smallest absolute Gasteiger partial charge is 0.224 e. The van der Waals surface area contributed by atoms with E-state index in [1.807, 2.05) is 30.3 Å². The van der Waals surface area contributed by atoms with Crippen molar-refractivity contribution in [1.82, 2.24) is 5.32 Å². The van der Waals surface area contributed by atoms with E-state index >= 15 is 0 Å². The normalized spacial score (nSPS) is 15.0. The maximum absolute atomic E-state index is 12.6. The van der Waals surface area contributed by atoms with Crippen LogP contribution in [0.4, 0.5) is 0 Å². The molecule has 0 saturated heterocycles. The highest BCUT2D eigenvalue weighted by Gasteiger charge is 2.26. The van der Waals surface area contributed by atoms with E-state index in [9.17, 15) is 4.79 Å². The van der Waals surface area contributed by atoms with Crippen molar-refractivity contribution in [2.75, 3.05) is 28.4 Å². The van der Waals surface area contributed by atoms with Crippen LogP contribution in [0, 0.1) is 0 Å². The van der Waals surface area contributed by atoms with Crippen molar-refractivity contribution in [3.05, 3.63) is 47.0 Å². The molecule has 0 fully saturated rings. The van der Waals surface area contributed by atoms with Crippen molar-refractivity contribution in [2.45, 2.75) is 25.3 Å². The van der Waals surface area contributed by atoms with Gasteiger partial charge < -0.3 is 24.3 Å². The van der Waals surface area contributed by atoms with Gasteiger partial charge in [-0.1, -0.05) is 6.07 Å². The minimum absolute atomic E-state index is 0.0209. The molecule has 1 aliphatic carbocycles. The summed E-state index contributed by atoms with van der Waals surface area (Å²) in [5, 5.41) is 3.13. The van der Waals surface area contributed by atoms with Gasteiger partial charge in [0.15, 0.2) is 23.0 Å². The lowest BCUT2D eigenvalue weighted by molar-refractivity contribution is -0.121. The predicted octanol–water partition coefficient (Wildman–Crippen LogP) is 3.07. The van der Waals surface area contributed by atoms with E-state index in [0.717, 1.165) is 24.0 Å². The highest BCUT2D eigenvalue weighted by atomic mass is 16.5. The maximum atomic E-state index is 12.6. The van der Waals surface area contributed by atoms with Gasteiger partial charge in [-0.15, -0.1) is 0 Å². The Kier molecular flexibility index (Phi) is 5.74. The van der Waals surface area contributed by atoms with Crippen LogP contribution < -0.4 is 24.3 Å². The molecule has 0 saturated carbocycles. The number of carbonyl (C=O) groups excluding carboxylic acids is 1. The first-order valence-corrected chi connectivity index (χ1v) is 8.84. The lowest BCUT2D eigenvalue weighted by Gasteiger charge is -2.16. The van der Waals surface area contributed by atoms with Crippen molar-refractivity contribution in [2.24, 2.45) is 0 Å². The van der Waals surface area contributed by atoms with E-state index in [1.165, 1.54) is 5.56 Å². The Balaban J connectivity index is 1.72. The first-order chi connectivity index (χ1) is 13.1. The number of ether oxygens (including phenoxy) is 4. The van der Waals surface area contributed by atoms with E-state index in [4.69, 9.17) is 18.9 Å². The van der Waals surface area contributed by atoms with Crippen LogP contribution in [-0.2, 0) is 17.6 Å². The maximum Gasteiger partial charge on any atom is 0.224 e. The van der Waals surface area contributed by atoms with Crippen LogP contribution in [0.1, 0.15) is 29.2 Å². The number of benzene rings is 2. The molecule has 0 radical (unpaired) electrons. The molecule has 1 amide bonds. The van der Waals surface area contributed by atoms with Crippen molar-refractivity contribution in [3.8, 4) is 23.0 Å². The Bertz CT molecular complexity index is 834. The standard InChI is InChI=1S/C21H25NO5/c1-24-17-8-5-13(9-18(17)25-2)10-21(23)22-16-7-6-14-11-19(26-3)20(27-4)12-15(14)16/h5,8-9,11-12,16H,6-7,10H2,1-4H3,(H,22,23). The summed E-state index contributed by atoms with van der Waals surface area (Å²) in [6, 6.07) is 9.44. The zero-order valence-electron chi connectivity index (χ0n) is 16.1. The Morgan fingerprint density at radius 1 is 0.926 bits per heavy atom. The SMILES string of the molecule is COc1ccc(CC(=O)NC2CCc3cc(OC)c(OC)cc32)cc1OC. The molecule has 0 bridgehead atoms. The third-order valence-electron chi connectivity index (χ3n) is 4.87. The van der Waals surface area contributed by atoms with Crippen molar-refractivity contribution >= 4 is 5.91 Å². The van der Waals surface area contributed by atoms with Crippen molar-refractivity contribution in [3.63, 3.8) is 0 Å². The van der Waals surface area contributed by atoms with Gasteiger partial charge in [0.05, 0.1) is 40.9 Å². The topological polar surface area (TPSA) is 66.0 Å². The summed E-state index contributed by atoms with van der Waals surface area (Å²) in [4.78, 5) is 12.6. The van der Waals surface area contributed by atoms with Crippen LogP contribution >= 0.6 is 0 Å². The first-order valence-electron chi connectivity index (χ1n) is 8.84. The minimum Gasteiger partial charge on any atom is -0.493 e. The third-order valence-corrected chi connectivity index (χ3v) is 4.87. The highest BCUT2D eigenvalue weighted by molar-refractivity contribution is 5.79. The number of rotatable bonds is 7. The number of hydrogen-bond donors (Lipinski definition) is 1. The molecule has 3 rings (SSSR count). The molecule has 1 aliphatic rings. The van der Waals surface area contributed by atoms with Gasteiger partial charge in [0.2, 0.25) is 5.91 Å². The van der Waals surface area contributed by atoms with Crippen molar-refractivity contribution < 1.29 is 23.7 Å². The summed E-state index contributed by atoms with van der Waals surface area (Å²) in [7, 11) is 6.41. The van der Waals surface area contributed by atoms with Crippen molar-refractivity contribution in [1.29, 1.82) is 0 Å². The number of amides is 1. The molecule has 2 aromatic rings. The van der Waals surface area contributed by atoms with Crippen LogP contribution in [0.25, 0.3) is 0 Å². The van der Waals surface area contributed by atoms with Crippen LogP contribution in [0.15, 0.2) is 30.3 Å². The zero-order chi connectivity index (χ0) is 19.4.